The molecular formula is C31H38FN3O6S. The summed E-state index contributed by atoms with van der Waals surface area (Å²) >= 11 is 0. The summed E-state index contributed by atoms with van der Waals surface area (Å²) < 4.78 is 60.6. The summed E-state index contributed by atoms with van der Waals surface area (Å²) in [6.07, 6.45) is -0.271. The molecule has 3 aromatic carbocycles. The molecule has 0 fully saturated rings. The van der Waals surface area contributed by atoms with E-state index in [1.165, 1.54) is 37.4 Å². The largest absolute Gasteiger partial charge is 0.497 e. The molecule has 4 rings (SSSR count). The van der Waals surface area contributed by atoms with Crippen molar-refractivity contribution in [2.24, 2.45) is 5.92 Å². The lowest BCUT2D eigenvalue weighted by atomic mass is 10.0. The van der Waals surface area contributed by atoms with Gasteiger partial charge in [-0.1, -0.05) is 31.2 Å². The fourth-order valence-electron chi connectivity index (χ4n) is 4.96. The van der Waals surface area contributed by atoms with Crippen LogP contribution in [0.5, 0.6) is 11.5 Å². The molecule has 0 saturated heterocycles. The summed E-state index contributed by atoms with van der Waals surface area (Å²) in [5, 5.41) is 0. The van der Waals surface area contributed by atoms with Gasteiger partial charge in [0.15, 0.2) is 0 Å². The van der Waals surface area contributed by atoms with Crippen LogP contribution in [0.25, 0.3) is 0 Å². The minimum absolute atomic E-state index is 0.0202. The maximum absolute atomic E-state index is 14.6. The minimum atomic E-state index is -3.95. The molecule has 11 heteroatoms. The zero-order valence-corrected chi connectivity index (χ0v) is 25.4. The van der Waals surface area contributed by atoms with E-state index in [1.54, 1.807) is 49.4 Å². The molecule has 0 unspecified atom stereocenters. The number of sulfonamides is 1. The van der Waals surface area contributed by atoms with Gasteiger partial charge in [0.1, 0.15) is 23.9 Å². The molecule has 0 saturated carbocycles. The molecule has 1 aliphatic heterocycles. The number of amides is 1. The second-order valence-corrected chi connectivity index (χ2v) is 12.3. The Labute approximate surface area is 247 Å². The van der Waals surface area contributed by atoms with Gasteiger partial charge in [-0.15, -0.1) is 0 Å². The van der Waals surface area contributed by atoms with Gasteiger partial charge in [0, 0.05) is 57.5 Å². The number of anilines is 1. The number of halogens is 1. The monoisotopic (exact) mass is 599 g/mol. The van der Waals surface area contributed by atoms with E-state index in [1.807, 2.05) is 13.0 Å². The van der Waals surface area contributed by atoms with Gasteiger partial charge in [0.05, 0.1) is 29.4 Å². The smallest absolute Gasteiger partial charge is 0.262 e. The van der Waals surface area contributed by atoms with Crippen molar-refractivity contribution in [3.8, 4) is 11.5 Å². The summed E-state index contributed by atoms with van der Waals surface area (Å²) in [6, 6.07) is 17.2. The van der Waals surface area contributed by atoms with Crippen LogP contribution < -0.4 is 14.2 Å². The summed E-state index contributed by atoms with van der Waals surface area (Å²) in [5.41, 5.74) is 1.09. The number of hydrogen-bond donors (Lipinski definition) is 1. The van der Waals surface area contributed by atoms with Crippen LogP contribution in [0.2, 0.25) is 0 Å². The number of nitrogens with one attached hydrogen (secondary N) is 1. The van der Waals surface area contributed by atoms with E-state index >= 15 is 0 Å². The SMILES string of the molecule is COc1cccc(S(=O)(=O)Nc2ccc3c(c2)OC[C@@H](C)N(Cc2ccccc2F)C[C@@H](C)[C@@H](OC)CN(C)C3=O)c1. The standard InChI is InChI=1S/C31H38FN3O6S/c1-21-17-35(18-23-9-6-7-12-28(23)32)22(2)20-41-29-15-24(13-14-27(29)31(36)34(3)19-30(21)40-5)33-42(37,38)26-11-8-10-25(16-26)39-4/h6-16,21-22,30,33H,17-20H2,1-5H3/t21-,22-,30+/m1/s1. The van der Waals surface area contributed by atoms with Crippen LogP contribution in [-0.2, 0) is 21.3 Å². The number of carbonyl (C=O) groups is 1. The van der Waals surface area contributed by atoms with Gasteiger partial charge in [0.25, 0.3) is 15.9 Å². The van der Waals surface area contributed by atoms with Crippen molar-refractivity contribution >= 4 is 21.6 Å². The number of nitrogens with zero attached hydrogens (tertiary/aromatic N) is 2. The number of methoxy groups -OCH3 is 2. The normalized spacial score (nSPS) is 20.6. The van der Waals surface area contributed by atoms with E-state index in [4.69, 9.17) is 14.2 Å². The van der Waals surface area contributed by atoms with E-state index < -0.39 is 10.0 Å². The maximum Gasteiger partial charge on any atom is 0.262 e. The quantitative estimate of drug-likeness (QED) is 0.423. The van der Waals surface area contributed by atoms with Crippen molar-refractivity contribution in [3.63, 3.8) is 0 Å². The molecule has 42 heavy (non-hydrogen) atoms. The third-order valence-electron chi connectivity index (χ3n) is 7.51. The van der Waals surface area contributed by atoms with E-state index in [9.17, 15) is 17.6 Å². The highest BCUT2D eigenvalue weighted by molar-refractivity contribution is 7.92. The Morgan fingerprint density at radius 2 is 1.79 bits per heavy atom. The molecule has 1 aliphatic rings. The first-order chi connectivity index (χ1) is 20.0. The van der Waals surface area contributed by atoms with Crippen LogP contribution in [0.1, 0.15) is 29.8 Å². The molecule has 0 aromatic heterocycles. The predicted molar refractivity (Wildman–Crippen MR) is 159 cm³/mol. The van der Waals surface area contributed by atoms with Crippen LogP contribution >= 0.6 is 0 Å². The number of rotatable bonds is 7. The average Bonchev–Trinajstić information content (AvgIpc) is 2.98. The topological polar surface area (TPSA) is 97.4 Å². The van der Waals surface area contributed by atoms with E-state index in [-0.39, 0.29) is 58.3 Å². The van der Waals surface area contributed by atoms with Crippen molar-refractivity contribution in [3.05, 3.63) is 83.7 Å². The highest BCUT2D eigenvalue weighted by Crippen LogP contribution is 2.29. The Hall–Kier alpha value is -3.67. The Kier molecular flexibility index (Phi) is 10.1. The second-order valence-electron chi connectivity index (χ2n) is 10.6. The second kappa shape index (κ2) is 13.5. The maximum atomic E-state index is 14.6. The molecule has 0 spiro atoms. The van der Waals surface area contributed by atoms with Crippen molar-refractivity contribution in [2.75, 3.05) is 45.7 Å². The fraction of sp³-hybridized carbons (Fsp3) is 0.387. The minimum Gasteiger partial charge on any atom is -0.497 e. The highest BCUT2D eigenvalue weighted by Gasteiger charge is 2.29. The zero-order valence-electron chi connectivity index (χ0n) is 24.5. The zero-order chi connectivity index (χ0) is 30.4. The van der Waals surface area contributed by atoms with E-state index in [0.29, 0.717) is 30.9 Å². The molecule has 1 heterocycles. The number of fused-ring (bicyclic) bond motifs is 1. The van der Waals surface area contributed by atoms with Gasteiger partial charge in [-0.3, -0.25) is 14.4 Å². The van der Waals surface area contributed by atoms with Crippen molar-refractivity contribution in [1.29, 1.82) is 0 Å². The molecule has 0 radical (unpaired) electrons. The third-order valence-corrected chi connectivity index (χ3v) is 8.89. The Morgan fingerprint density at radius 1 is 1.02 bits per heavy atom. The van der Waals surface area contributed by atoms with Gasteiger partial charge in [-0.2, -0.15) is 0 Å². The average molecular weight is 600 g/mol. The lowest BCUT2D eigenvalue weighted by Crippen LogP contribution is -2.46. The van der Waals surface area contributed by atoms with Crippen LogP contribution in [-0.4, -0.2) is 77.2 Å². The van der Waals surface area contributed by atoms with Crippen LogP contribution in [0, 0.1) is 11.7 Å². The summed E-state index contributed by atoms with van der Waals surface area (Å²) in [5.74, 6) is 0.101. The lowest BCUT2D eigenvalue weighted by molar-refractivity contribution is 0.00904. The molecular weight excluding hydrogens is 561 g/mol. The third kappa shape index (κ3) is 7.39. The van der Waals surface area contributed by atoms with E-state index in [2.05, 4.69) is 16.5 Å². The van der Waals surface area contributed by atoms with Crippen LogP contribution in [0.3, 0.4) is 0 Å². The summed E-state index contributed by atoms with van der Waals surface area (Å²) in [4.78, 5) is 17.3. The molecule has 3 aromatic rings. The number of ether oxygens (including phenoxy) is 3. The van der Waals surface area contributed by atoms with E-state index in [0.717, 1.165) is 0 Å². The first-order valence-corrected chi connectivity index (χ1v) is 15.2. The molecule has 3 atom stereocenters. The predicted octanol–water partition coefficient (Wildman–Crippen LogP) is 4.64. The fourth-order valence-corrected chi connectivity index (χ4v) is 6.04. The number of hydrogen-bond acceptors (Lipinski definition) is 7. The molecule has 226 valence electrons. The highest BCUT2D eigenvalue weighted by atomic mass is 32.2. The number of carbonyl (C=O) groups excluding carboxylic acids is 1. The molecule has 9 nitrogen and oxygen atoms in total. The molecule has 1 N–H and O–H groups in total. The molecule has 1 amide bonds. The first-order valence-electron chi connectivity index (χ1n) is 13.7. The lowest BCUT2D eigenvalue weighted by Gasteiger charge is -2.36. The van der Waals surface area contributed by atoms with Gasteiger partial charge in [0.2, 0.25) is 0 Å². The number of likely N-dealkylation sites (N-methyl/N-ethyl adjacent to an activating group) is 1. The summed E-state index contributed by atoms with van der Waals surface area (Å²) in [6.45, 7) is 5.46. The summed E-state index contributed by atoms with van der Waals surface area (Å²) in [7, 11) is 0.817. The van der Waals surface area contributed by atoms with Crippen molar-refractivity contribution in [2.45, 2.75) is 37.4 Å². The van der Waals surface area contributed by atoms with Crippen molar-refractivity contribution in [1.82, 2.24) is 9.80 Å². The molecule has 0 aliphatic carbocycles. The number of benzene rings is 3. The Bertz CT molecular complexity index is 1500. The van der Waals surface area contributed by atoms with Crippen LogP contribution in [0.4, 0.5) is 10.1 Å². The van der Waals surface area contributed by atoms with Gasteiger partial charge < -0.3 is 19.1 Å². The molecule has 0 bridgehead atoms. The Balaban J connectivity index is 1.67. The van der Waals surface area contributed by atoms with Gasteiger partial charge in [-0.05, 0) is 43.2 Å². The van der Waals surface area contributed by atoms with Gasteiger partial charge in [-0.25, -0.2) is 12.8 Å². The van der Waals surface area contributed by atoms with Crippen LogP contribution in [0.15, 0.2) is 71.6 Å². The van der Waals surface area contributed by atoms with Crippen molar-refractivity contribution < 1.29 is 31.8 Å². The first kappa shape index (κ1) is 31.3. The Morgan fingerprint density at radius 3 is 2.50 bits per heavy atom. The van der Waals surface area contributed by atoms with Gasteiger partial charge >= 0.3 is 0 Å².